The first-order chi connectivity index (χ1) is 12.7. The van der Waals surface area contributed by atoms with Gasteiger partial charge in [0.1, 0.15) is 0 Å². The molecule has 26 heavy (non-hydrogen) atoms. The lowest BCUT2D eigenvalue weighted by Gasteiger charge is -2.22. The maximum Gasteiger partial charge on any atom is 0.276 e. The molecule has 0 aliphatic carbocycles. The van der Waals surface area contributed by atoms with E-state index in [2.05, 4.69) is 25.9 Å². The van der Waals surface area contributed by atoms with Crippen LogP contribution in [0.15, 0.2) is 41.1 Å². The van der Waals surface area contributed by atoms with Crippen LogP contribution in [-0.2, 0) is 0 Å². The standard InChI is InChI=1S/C18H20N6O2/c1-12-20-17(23-26-12)13-4-2-5-14(10-13)21-18(25)16-7-9-24(22-16)15-6-3-8-19-11-15/h2,4-5,7,9-10,15,19H,3,6,8,11H2,1H3,(H,21,25). The number of amides is 1. The number of hydrogen-bond donors (Lipinski definition) is 2. The Labute approximate surface area is 150 Å². The van der Waals surface area contributed by atoms with Gasteiger partial charge in [0.25, 0.3) is 5.91 Å². The molecular weight excluding hydrogens is 332 g/mol. The predicted octanol–water partition coefficient (Wildman–Crippen LogP) is 2.42. The second kappa shape index (κ2) is 7.09. The first-order valence-corrected chi connectivity index (χ1v) is 8.67. The van der Waals surface area contributed by atoms with Crippen LogP contribution < -0.4 is 10.6 Å². The molecule has 2 N–H and O–H groups in total. The molecular formula is C18H20N6O2. The Balaban J connectivity index is 1.47. The summed E-state index contributed by atoms with van der Waals surface area (Å²) in [5.41, 5.74) is 1.83. The van der Waals surface area contributed by atoms with Crippen molar-refractivity contribution in [1.29, 1.82) is 0 Å². The number of piperidine rings is 1. The topological polar surface area (TPSA) is 97.9 Å². The first-order valence-electron chi connectivity index (χ1n) is 8.67. The van der Waals surface area contributed by atoms with Crippen LogP contribution in [0.1, 0.15) is 35.3 Å². The Morgan fingerprint density at radius 1 is 1.38 bits per heavy atom. The molecule has 0 spiro atoms. The summed E-state index contributed by atoms with van der Waals surface area (Å²) in [6.07, 6.45) is 4.06. The molecule has 1 atom stereocenters. The van der Waals surface area contributed by atoms with Gasteiger partial charge in [0.15, 0.2) is 5.69 Å². The van der Waals surface area contributed by atoms with Crippen LogP contribution in [-0.4, -0.2) is 38.9 Å². The van der Waals surface area contributed by atoms with E-state index in [0.717, 1.165) is 31.5 Å². The molecule has 1 saturated heterocycles. The molecule has 0 bridgehead atoms. The lowest BCUT2D eigenvalue weighted by molar-refractivity contribution is 0.102. The molecule has 4 rings (SSSR count). The van der Waals surface area contributed by atoms with E-state index in [0.29, 0.717) is 29.1 Å². The van der Waals surface area contributed by atoms with E-state index in [9.17, 15) is 4.79 Å². The minimum Gasteiger partial charge on any atom is -0.339 e. The van der Waals surface area contributed by atoms with Gasteiger partial charge in [-0.2, -0.15) is 10.1 Å². The molecule has 0 radical (unpaired) electrons. The van der Waals surface area contributed by atoms with E-state index in [-0.39, 0.29) is 5.91 Å². The molecule has 1 amide bonds. The van der Waals surface area contributed by atoms with Crippen LogP contribution in [0.5, 0.6) is 0 Å². The number of aromatic nitrogens is 4. The Hall–Kier alpha value is -3.00. The number of nitrogens with one attached hydrogen (secondary N) is 2. The number of carbonyl (C=O) groups excluding carboxylic acids is 1. The molecule has 8 heteroatoms. The van der Waals surface area contributed by atoms with Crippen molar-refractivity contribution in [2.75, 3.05) is 18.4 Å². The van der Waals surface area contributed by atoms with Crippen molar-refractivity contribution < 1.29 is 9.32 Å². The lowest BCUT2D eigenvalue weighted by Crippen LogP contribution is -2.32. The van der Waals surface area contributed by atoms with Crippen LogP contribution in [0.25, 0.3) is 11.4 Å². The molecule has 3 heterocycles. The quantitative estimate of drug-likeness (QED) is 0.748. The summed E-state index contributed by atoms with van der Waals surface area (Å²) >= 11 is 0. The molecule has 8 nitrogen and oxygen atoms in total. The molecule has 1 aromatic carbocycles. The second-order valence-electron chi connectivity index (χ2n) is 6.35. The second-order valence-corrected chi connectivity index (χ2v) is 6.35. The number of hydrogen-bond acceptors (Lipinski definition) is 6. The zero-order chi connectivity index (χ0) is 17.9. The molecule has 1 unspecified atom stereocenters. The SMILES string of the molecule is Cc1nc(-c2cccc(NC(=O)c3ccn(C4CCCNC4)n3)c2)no1. The Kier molecular flexibility index (Phi) is 4.49. The number of anilines is 1. The third-order valence-corrected chi connectivity index (χ3v) is 4.39. The van der Waals surface area contributed by atoms with Gasteiger partial charge in [-0.15, -0.1) is 0 Å². The highest BCUT2D eigenvalue weighted by atomic mass is 16.5. The summed E-state index contributed by atoms with van der Waals surface area (Å²) in [6, 6.07) is 9.38. The fourth-order valence-corrected chi connectivity index (χ4v) is 3.07. The fourth-order valence-electron chi connectivity index (χ4n) is 3.07. The normalized spacial score (nSPS) is 17.2. The molecule has 2 aromatic heterocycles. The maximum absolute atomic E-state index is 12.5. The highest BCUT2D eigenvalue weighted by molar-refractivity contribution is 6.03. The molecule has 1 aliphatic rings. The third kappa shape index (κ3) is 3.50. The summed E-state index contributed by atoms with van der Waals surface area (Å²) in [7, 11) is 0. The number of benzene rings is 1. The van der Waals surface area contributed by atoms with Crippen molar-refractivity contribution in [1.82, 2.24) is 25.2 Å². The number of carbonyl (C=O) groups is 1. The lowest BCUT2D eigenvalue weighted by atomic mass is 10.1. The minimum atomic E-state index is -0.242. The van der Waals surface area contributed by atoms with Crippen LogP contribution in [0, 0.1) is 6.92 Å². The van der Waals surface area contributed by atoms with Crippen LogP contribution >= 0.6 is 0 Å². The van der Waals surface area contributed by atoms with Crippen molar-refractivity contribution in [3.63, 3.8) is 0 Å². The van der Waals surface area contributed by atoms with Crippen LogP contribution in [0.3, 0.4) is 0 Å². The Morgan fingerprint density at radius 3 is 3.08 bits per heavy atom. The Morgan fingerprint density at radius 2 is 2.31 bits per heavy atom. The van der Waals surface area contributed by atoms with Gasteiger partial charge >= 0.3 is 0 Å². The predicted molar refractivity (Wildman–Crippen MR) is 95.8 cm³/mol. The number of aryl methyl sites for hydroxylation is 1. The van der Waals surface area contributed by atoms with Crippen LogP contribution in [0.2, 0.25) is 0 Å². The van der Waals surface area contributed by atoms with Gasteiger partial charge in [0, 0.05) is 30.9 Å². The monoisotopic (exact) mass is 352 g/mol. The highest BCUT2D eigenvalue weighted by Gasteiger charge is 2.18. The third-order valence-electron chi connectivity index (χ3n) is 4.39. The molecule has 3 aromatic rings. The van der Waals surface area contributed by atoms with E-state index in [1.807, 2.05) is 35.1 Å². The van der Waals surface area contributed by atoms with Gasteiger partial charge in [-0.25, -0.2) is 0 Å². The van der Waals surface area contributed by atoms with E-state index < -0.39 is 0 Å². The molecule has 0 saturated carbocycles. The smallest absolute Gasteiger partial charge is 0.276 e. The van der Waals surface area contributed by atoms with Gasteiger partial charge < -0.3 is 15.2 Å². The van der Waals surface area contributed by atoms with Gasteiger partial charge in [-0.1, -0.05) is 17.3 Å². The summed E-state index contributed by atoms with van der Waals surface area (Å²) in [5.74, 6) is 0.749. The minimum absolute atomic E-state index is 0.242. The molecule has 1 aliphatic heterocycles. The average molecular weight is 352 g/mol. The zero-order valence-electron chi connectivity index (χ0n) is 14.5. The first kappa shape index (κ1) is 16.5. The van der Waals surface area contributed by atoms with E-state index in [1.54, 1.807) is 13.0 Å². The van der Waals surface area contributed by atoms with E-state index in [1.165, 1.54) is 0 Å². The molecule has 134 valence electrons. The summed E-state index contributed by atoms with van der Waals surface area (Å²) in [6.45, 7) is 3.66. The maximum atomic E-state index is 12.5. The van der Waals surface area contributed by atoms with Crippen molar-refractivity contribution in [3.8, 4) is 11.4 Å². The van der Waals surface area contributed by atoms with E-state index >= 15 is 0 Å². The summed E-state index contributed by atoms with van der Waals surface area (Å²) < 4.78 is 6.88. The van der Waals surface area contributed by atoms with Gasteiger partial charge in [0.2, 0.25) is 11.7 Å². The zero-order valence-corrected chi connectivity index (χ0v) is 14.5. The molecule has 1 fully saturated rings. The highest BCUT2D eigenvalue weighted by Crippen LogP contribution is 2.21. The van der Waals surface area contributed by atoms with Crippen molar-refractivity contribution in [3.05, 3.63) is 48.1 Å². The number of nitrogens with zero attached hydrogens (tertiary/aromatic N) is 4. The number of rotatable bonds is 4. The Bertz CT molecular complexity index is 910. The van der Waals surface area contributed by atoms with Gasteiger partial charge in [-0.3, -0.25) is 9.48 Å². The average Bonchev–Trinajstić information content (AvgIpc) is 3.32. The van der Waals surface area contributed by atoms with Crippen LogP contribution in [0.4, 0.5) is 5.69 Å². The summed E-state index contributed by atoms with van der Waals surface area (Å²) in [4.78, 5) is 16.7. The van der Waals surface area contributed by atoms with Crippen molar-refractivity contribution >= 4 is 11.6 Å². The van der Waals surface area contributed by atoms with Crippen molar-refractivity contribution in [2.45, 2.75) is 25.8 Å². The van der Waals surface area contributed by atoms with Gasteiger partial charge in [0.05, 0.1) is 6.04 Å². The fraction of sp³-hybridized carbons (Fsp3) is 0.333. The largest absolute Gasteiger partial charge is 0.339 e. The summed E-state index contributed by atoms with van der Waals surface area (Å²) in [5, 5.41) is 14.6. The van der Waals surface area contributed by atoms with Gasteiger partial charge in [-0.05, 0) is 37.6 Å². The van der Waals surface area contributed by atoms with E-state index in [4.69, 9.17) is 4.52 Å². The van der Waals surface area contributed by atoms with Crippen molar-refractivity contribution in [2.24, 2.45) is 0 Å².